The average Bonchev–Trinajstić information content (AvgIpc) is 2.97. The molecule has 0 bridgehead atoms. The number of anilines is 1. The topological polar surface area (TPSA) is 103 Å². The van der Waals surface area contributed by atoms with Gasteiger partial charge in [0.15, 0.2) is 11.5 Å². The van der Waals surface area contributed by atoms with Crippen molar-refractivity contribution >= 4 is 29.1 Å². The third-order valence-electron chi connectivity index (χ3n) is 7.27. The highest BCUT2D eigenvalue weighted by molar-refractivity contribution is 6.31. The van der Waals surface area contributed by atoms with Crippen LogP contribution < -0.4 is 25.3 Å². The van der Waals surface area contributed by atoms with Gasteiger partial charge in [-0.3, -0.25) is 9.59 Å². The molecular weight excluding hydrogens is 530 g/mol. The fourth-order valence-electron chi connectivity index (χ4n) is 5.01. The van der Waals surface area contributed by atoms with E-state index in [2.05, 4.69) is 5.32 Å². The predicted octanol–water partition coefficient (Wildman–Crippen LogP) is 5.46. The molecule has 0 spiro atoms. The van der Waals surface area contributed by atoms with Crippen molar-refractivity contribution in [2.75, 3.05) is 26.6 Å². The lowest BCUT2D eigenvalue weighted by molar-refractivity contribution is -0.115. The molecule has 0 radical (unpaired) electrons. The lowest BCUT2D eigenvalue weighted by atomic mass is 9.90. The largest absolute Gasteiger partial charge is 0.497 e. The number of ether oxygens (including phenoxy) is 3. The standard InChI is InChI=1S/C31H36ClN3O5/c1-38-26-12-4-20(5-13-26)16-30(36)34-24-9-14-27(32)22(17-24)19-35(25-10-7-23(33)8-11-25)31(37)21-6-15-28(39-2)29(18-21)40-3/h4-6,9,12-15,17-18,23,25H,7-8,10-11,16,19,33H2,1-3H3,(H,34,36). The zero-order valence-electron chi connectivity index (χ0n) is 23.1. The number of benzene rings is 3. The van der Waals surface area contributed by atoms with Gasteiger partial charge in [0, 0.05) is 34.9 Å². The normalized spacial score (nSPS) is 16.6. The zero-order chi connectivity index (χ0) is 28.6. The number of hydrogen-bond donors (Lipinski definition) is 2. The Hall–Kier alpha value is -3.75. The van der Waals surface area contributed by atoms with Gasteiger partial charge in [0.1, 0.15) is 5.75 Å². The minimum atomic E-state index is -0.155. The van der Waals surface area contributed by atoms with Crippen molar-refractivity contribution in [3.05, 3.63) is 82.4 Å². The Labute approximate surface area is 240 Å². The zero-order valence-corrected chi connectivity index (χ0v) is 23.9. The molecule has 8 nitrogen and oxygen atoms in total. The molecule has 3 N–H and O–H groups in total. The molecule has 3 aromatic carbocycles. The lowest BCUT2D eigenvalue weighted by Gasteiger charge is -2.36. The van der Waals surface area contributed by atoms with E-state index in [-0.39, 0.29) is 36.9 Å². The van der Waals surface area contributed by atoms with Crippen LogP contribution >= 0.6 is 11.6 Å². The van der Waals surface area contributed by atoms with E-state index in [1.807, 2.05) is 35.2 Å². The molecule has 0 aliphatic heterocycles. The maximum Gasteiger partial charge on any atom is 0.254 e. The number of carbonyl (C=O) groups excluding carboxylic acids is 2. The smallest absolute Gasteiger partial charge is 0.254 e. The first kappa shape index (κ1) is 29.2. The van der Waals surface area contributed by atoms with Crippen molar-refractivity contribution in [1.82, 2.24) is 4.90 Å². The maximum atomic E-state index is 13.9. The molecule has 0 saturated heterocycles. The number of nitrogens with two attached hydrogens (primary N) is 1. The van der Waals surface area contributed by atoms with Crippen LogP contribution in [0.5, 0.6) is 17.2 Å². The monoisotopic (exact) mass is 565 g/mol. The molecule has 0 unspecified atom stereocenters. The van der Waals surface area contributed by atoms with Gasteiger partial charge in [0.25, 0.3) is 5.91 Å². The second-order valence-corrected chi connectivity index (χ2v) is 10.4. The van der Waals surface area contributed by atoms with Crippen LogP contribution in [0.2, 0.25) is 5.02 Å². The molecule has 1 aliphatic rings. The van der Waals surface area contributed by atoms with Gasteiger partial charge in [-0.1, -0.05) is 23.7 Å². The minimum Gasteiger partial charge on any atom is -0.497 e. The van der Waals surface area contributed by atoms with Crippen molar-refractivity contribution in [2.45, 2.75) is 50.7 Å². The molecule has 3 aromatic rings. The number of carbonyl (C=O) groups is 2. The maximum absolute atomic E-state index is 13.9. The molecule has 2 amide bonds. The second-order valence-electron chi connectivity index (χ2n) is 9.95. The molecule has 0 atom stereocenters. The third kappa shape index (κ3) is 7.25. The van der Waals surface area contributed by atoms with Crippen molar-refractivity contribution in [3.8, 4) is 17.2 Å². The van der Waals surface area contributed by atoms with E-state index in [4.69, 9.17) is 31.5 Å². The van der Waals surface area contributed by atoms with E-state index in [9.17, 15) is 9.59 Å². The number of rotatable bonds is 10. The van der Waals surface area contributed by atoms with Crippen LogP contribution in [0, 0.1) is 0 Å². The second kappa shape index (κ2) is 13.5. The predicted molar refractivity (Wildman–Crippen MR) is 156 cm³/mol. The van der Waals surface area contributed by atoms with E-state index in [1.54, 1.807) is 51.7 Å². The Morgan fingerprint density at radius 2 is 1.60 bits per heavy atom. The van der Waals surface area contributed by atoms with Gasteiger partial charge in [0.05, 0.1) is 27.8 Å². The first-order valence-electron chi connectivity index (χ1n) is 13.3. The van der Waals surface area contributed by atoms with E-state index in [0.717, 1.165) is 42.6 Å². The van der Waals surface area contributed by atoms with Crippen molar-refractivity contribution in [2.24, 2.45) is 5.73 Å². The summed E-state index contributed by atoms with van der Waals surface area (Å²) in [7, 11) is 4.70. The van der Waals surface area contributed by atoms with Crippen LogP contribution in [0.4, 0.5) is 5.69 Å². The number of nitrogens with one attached hydrogen (secondary N) is 1. The number of hydrogen-bond acceptors (Lipinski definition) is 6. The van der Waals surface area contributed by atoms with Crippen LogP contribution in [0.3, 0.4) is 0 Å². The van der Waals surface area contributed by atoms with Gasteiger partial charge in [-0.25, -0.2) is 0 Å². The van der Waals surface area contributed by atoms with Gasteiger partial charge < -0.3 is 30.2 Å². The van der Waals surface area contributed by atoms with E-state index >= 15 is 0 Å². The summed E-state index contributed by atoms with van der Waals surface area (Å²) in [4.78, 5) is 28.5. The summed E-state index contributed by atoms with van der Waals surface area (Å²) in [6.07, 6.45) is 3.51. The first-order chi connectivity index (χ1) is 19.3. The molecule has 4 rings (SSSR count). The number of nitrogens with zero attached hydrogens (tertiary/aromatic N) is 1. The first-order valence-corrected chi connectivity index (χ1v) is 13.7. The highest BCUT2D eigenvalue weighted by Crippen LogP contribution is 2.32. The van der Waals surface area contributed by atoms with Gasteiger partial charge >= 0.3 is 0 Å². The van der Waals surface area contributed by atoms with Crippen molar-refractivity contribution in [1.29, 1.82) is 0 Å². The molecule has 0 aromatic heterocycles. The van der Waals surface area contributed by atoms with Crippen molar-refractivity contribution < 1.29 is 23.8 Å². The SMILES string of the molecule is COc1ccc(CC(=O)Nc2ccc(Cl)c(CN(C(=O)c3ccc(OC)c(OC)c3)C3CCC(N)CC3)c2)cc1. The van der Waals surface area contributed by atoms with Crippen LogP contribution in [-0.2, 0) is 17.8 Å². The van der Waals surface area contributed by atoms with E-state index in [1.165, 1.54) is 0 Å². The number of methoxy groups -OCH3 is 3. The summed E-state index contributed by atoms with van der Waals surface area (Å²) < 4.78 is 16.0. The molecule has 212 valence electrons. The quantitative estimate of drug-likeness (QED) is 0.338. The molecular formula is C31H36ClN3O5. The molecule has 0 heterocycles. The Morgan fingerprint density at radius 1 is 0.900 bits per heavy atom. The number of halogens is 1. The molecule has 9 heteroatoms. The van der Waals surface area contributed by atoms with Crippen molar-refractivity contribution in [3.63, 3.8) is 0 Å². The number of amides is 2. The van der Waals surface area contributed by atoms with Gasteiger partial charge in [-0.15, -0.1) is 0 Å². The van der Waals surface area contributed by atoms with Crippen LogP contribution in [0.15, 0.2) is 60.7 Å². The highest BCUT2D eigenvalue weighted by Gasteiger charge is 2.29. The van der Waals surface area contributed by atoms with Crippen LogP contribution in [-0.4, -0.2) is 50.1 Å². The lowest BCUT2D eigenvalue weighted by Crippen LogP contribution is -2.44. The van der Waals surface area contributed by atoms with Gasteiger partial charge in [0.2, 0.25) is 5.91 Å². The Kier molecular flexibility index (Phi) is 9.90. The fraction of sp³-hybridized carbons (Fsp3) is 0.355. The molecule has 1 fully saturated rings. The third-order valence-corrected chi connectivity index (χ3v) is 7.64. The summed E-state index contributed by atoms with van der Waals surface area (Å²) in [5.41, 5.74) is 8.88. The van der Waals surface area contributed by atoms with Gasteiger partial charge in [-0.05, 0) is 85.3 Å². The molecule has 40 heavy (non-hydrogen) atoms. The Balaban J connectivity index is 1.55. The molecule has 1 aliphatic carbocycles. The summed E-state index contributed by atoms with van der Waals surface area (Å²) >= 11 is 6.62. The minimum absolute atomic E-state index is 0.00443. The highest BCUT2D eigenvalue weighted by atomic mass is 35.5. The van der Waals surface area contributed by atoms with Crippen LogP contribution in [0.25, 0.3) is 0 Å². The van der Waals surface area contributed by atoms with E-state index in [0.29, 0.717) is 27.8 Å². The summed E-state index contributed by atoms with van der Waals surface area (Å²) in [5, 5.41) is 3.47. The Bertz CT molecular complexity index is 1320. The van der Waals surface area contributed by atoms with Gasteiger partial charge in [-0.2, -0.15) is 0 Å². The summed E-state index contributed by atoms with van der Waals surface area (Å²) in [5.74, 6) is 1.48. The van der Waals surface area contributed by atoms with Crippen LogP contribution in [0.1, 0.15) is 47.2 Å². The summed E-state index contributed by atoms with van der Waals surface area (Å²) in [6.45, 7) is 0.286. The summed E-state index contributed by atoms with van der Waals surface area (Å²) in [6, 6.07) is 18.0. The van der Waals surface area contributed by atoms with E-state index < -0.39 is 0 Å². The fourth-order valence-corrected chi connectivity index (χ4v) is 5.18. The molecule has 1 saturated carbocycles. The average molecular weight is 566 g/mol. The Morgan fingerprint density at radius 3 is 2.25 bits per heavy atom.